The molecule has 2 aliphatic rings. The molecular weight excluding hydrogens is 434 g/mol. The molecule has 0 N–H and O–H groups in total. The van der Waals surface area contributed by atoms with Crippen molar-refractivity contribution in [1.82, 2.24) is 14.1 Å². The van der Waals surface area contributed by atoms with E-state index in [4.69, 9.17) is 16.3 Å². The summed E-state index contributed by atoms with van der Waals surface area (Å²) in [5, 5.41) is 0.727. The van der Waals surface area contributed by atoms with Gasteiger partial charge in [0.1, 0.15) is 10.6 Å². The maximum Gasteiger partial charge on any atom is 0.248 e. The molecule has 2 heterocycles. The third-order valence-corrected chi connectivity index (χ3v) is 8.44. The highest BCUT2D eigenvalue weighted by Gasteiger charge is 2.44. The second-order valence-electron chi connectivity index (χ2n) is 8.55. The molecule has 0 amide bonds. The van der Waals surface area contributed by atoms with Gasteiger partial charge < -0.3 is 9.64 Å². The molecule has 2 aromatic carbocycles. The number of hydrogen-bond acceptors (Lipinski definition) is 5. The van der Waals surface area contributed by atoms with Crippen molar-refractivity contribution in [2.24, 2.45) is 0 Å². The molecule has 0 bridgehead atoms. The Kier molecular flexibility index (Phi) is 6.60. The van der Waals surface area contributed by atoms with E-state index in [0.717, 1.165) is 36.5 Å². The molecule has 2 aromatic rings. The van der Waals surface area contributed by atoms with Crippen LogP contribution < -0.4 is 4.74 Å². The highest BCUT2D eigenvalue weighted by Crippen LogP contribution is 2.33. The number of aryl methyl sites for hydroxylation is 1. The molecule has 2 fully saturated rings. The number of nitrogens with zero attached hydrogens (tertiary/aromatic N) is 3. The van der Waals surface area contributed by atoms with Gasteiger partial charge in [0.2, 0.25) is 10.0 Å². The molecule has 168 valence electrons. The summed E-state index contributed by atoms with van der Waals surface area (Å²) in [4.78, 5) is 4.86. The van der Waals surface area contributed by atoms with E-state index in [1.807, 2.05) is 25.1 Å². The highest BCUT2D eigenvalue weighted by molar-refractivity contribution is 7.89. The van der Waals surface area contributed by atoms with Crippen LogP contribution in [0.5, 0.6) is 5.75 Å². The Hall–Kier alpha value is -1.64. The van der Waals surface area contributed by atoms with Gasteiger partial charge in [-0.15, -0.1) is 0 Å². The van der Waals surface area contributed by atoms with Crippen molar-refractivity contribution < 1.29 is 13.2 Å². The Labute approximate surface area is 190 Å². The van der Waals surface area contributed by atoms with Crippen LogP contribution in [0.4, 0.5) is 0 Å². The van der Waals surface area contributed by atoms with Crippen LogP contribution >= 0.6 is 11.6 Å². The van der Waals surface area contributed by atoms with E-state index >= 15 is 0 Å². The number of methoxy groups -OCH3 is 1. The summed E-state index contributed by atoms with van der Waals surface area (Å²) in [5.41, 5.74) is 2.11. The molecule has 2 aliphatic heterocycles. The summed E-state index contributed by atoms with van der Waals surface area (Å²) in [6.07, 6.45) is 1.48. The highest BCUT2D eigenvalue weighted by atomic mass is 35.5. The van der Waals surface area contributed by atoms with Gasteiger partial charge in [0.15, 0.2) is 0 Å². The summed E-state index contributed by atoms with van der Waals surface area (Å²) < 4.78 is 34.6. The number of rotatable bonds is 5. The van der Waals surface area contributed by atoms with E-state index < -0.39 is 10.0 Å². The Morgan fingerprint density at radius 3 is 2.55 bits per heavy atom. The first-order valence-electron chi connectivity index (χ1n) is 10.6. The Morgan fingerprint density at radius 1 is 1.10 bits per heavy atom. The first kappa shape index (κ1) is 22.6. The summed E-state index contributed by atoms with van der Waals surface area (Å²) in [6.45, 7) is 4.90. The average Bonchev–Trinajstić information content (AvgIpc) is 2.74. The van der Waals surface area contributed by atoms with Gasteiger partial charge in [0.25, 0.3) is 0 Å². The number of likely N-dealkylation sites (N-methyl/N-ethyl adjacent to an activating group) is 1. The maximum absolute atomic E-state index is 13.8. The number of benzene rings is 2. The lowest BCUT2D eigenvalue weighted by Gasteiger charge is -2.52. The zero-order valence-electron chi connectivity index (χ0n) is 18.3. The van der Waals surface area contributed by atoms with Gasteiger partial charge in [-0.2, -0.15) is 4.31 Å². The minimum Gasteiger partial charge on any atom is -0.495 e. The van der Waals surface area contributed by atoms with Crippen molar-refractivity contribution in [2.75, 3.05) is 40.3 Å². The Morgan fingerprint density at radius 2 is 1.84 bits per heavy atom. The quantitative estimate of drug-likeness (QED) is 0.681. The number of sulfonamides is 1. The number of piperazine rings is 1. The van der Waals surface area contributed by atoms with Crippen molar-refractivity contribution in [1.29, 1.82) is 0 Å². The molecule has 0 aliphatic carbocycles. The smallest absolute Gasteiger partial charge is 0.248 e. The summed E-state index contributed by atoms with van der Waals surface area (Å²) >= 11 is 6.05. The number of fused-ring (bicyclic) bond motifs is 1. The molecule has 0 radical (unpaired) electrons. The minimum absolute atomic E-state index is 0.194. The van der Waals surface area contributed by atoms with Crippen LogP contribution in [-0.2, 0) is 16.4 Å². The van der Waals surface area contributed by atoms with E-state index in [9.17, 15) is 8.42 Å². The molecule has 2 unspecified atom stereocenters. The number of halogens is 1. The fourth-order valence-electron chi connectivity index (χ4n) is 4.78. The Balaban J connectivity index is 1.65. The summed E-state index contributed by atoms with van der Waals surface area (Å²) in [7, 11) is -0.116. The summed E-state index contributed by atoms with van der Waals surface area (Å²) in [5.74, 6) is 0.393. The SMILES string of the molecule is COc1ccc(C)cc1S(=O)(=O)N1CCCN2C(Cc3ccc(Cl)cc3)CN(C)CC21. The topological polar surface area (TPSA) is 53.1 Å². The van der Waals surface area contributed by atoms with E-state index in [2.05, 4.69) is 29.0 Å². The van der Waals surface area contributed by atoms with Crippen molar-refractivity contribution in [2.45, 2.75) is 36.9 Å². The van der Waals surface area contributed by atoms with E-state index in [1.54, 1.807) is 16.4 Å². The zero-order valence-corrected chi connectivity index (χ0v) is 19.9. The van der Waals surface area contributed by atoms with Gasteiger partial charge in [-0.3, -0.25) is 4.90 Å². The van der Waals surface area contributed by atoms with Crippen molar-refractivity contribution in [3.8, 4) is 5.75 Å². The number of hydrogen-bond donors (Lipinski definition) is 0. The molecule has 8 heteroatoms. The normalized spacial score (nSPS) is 23.5. The van der Waals surface area contributed by atoms with Gasteiger partial charge in [-0.1, -0.05) is 29.8 Å². The molecule has 0 spiro atoms. The maximum atomic E-state index is 13.8. The minimum atomic E-state index is -3.70. The van der Waals surface area contributed by atoms with Crippen LogP contribution in [0.3, 0.4) is 0 Å². The first-order chi connectivity index (χ1) is 14.8. The molecule has 4 rings (SSSR count). The lowest BCUT2D eigenvalue weighted by molar-refractivity contribution is -0.0401. The molecule has 0 saturated carbocycles. The van der Waals surface area contributed by atoms with Crippen LogP contribution in [0, 0.1) is 6.92 Å². The predicted molar refractivity (Wildman–Crippen MR) is 123 cm³/mol. The molecule has 2 saturated heterocycles. The Bertz CT molecular complexity index is 1030. The fraction of sp³-hybridized carbons (Fsp3) is 0.478. The second-order valence-corrected chi connectivity index (χ2v) is 10.8. The van der Waals surface area contributed by atoms with E-state index in [-0.39, 0.29) is 17.1 Å². The van der Waals surface area contributed by atoms with Crippen molar-refractivity contribution in [3.63, 3.8) is 0 Å². The predicted octanol–water partition coefficient (Wildman–Crippen LogP) is 3.24. The molecule has 31 heavy (non-hydrogen) atoms. The second kappa shape index (κ2) is 9.08. The van der Waals surface area contributed by atoms with E-state index in [1.165, 1.54) is 12.7 Å². The molecule has 0 aromatic heterocycles. The zero-order chi connectivity index (χ0) is 22.2. The van der Waals surface area contributed by atoms with Crippen molar-refractivity contribution >= 4 is 21.6 Å². The monoisotopic (exact) mass is 463 g/mol. The molecular formula is C23H30ClN3O3S. The van der Waals surface area contributed by atoms with Gasteiger partial charge in [0.05, 0.1) is 13.3 Å². The van der Waals surface area contributed by atoms with Crippen molar-refractivity contribution in [3.05, 3.63) is 58.6 Å². The van der Waals surface area contributed by atoms with Gasteiger partial charge in [-0.05, 0) is 62.2 Å². The molecule has 6 nitrogen and oxygen atoms in total. The van der Waals surface area contributed by atoms with Crippen LogP contribution in [-0.4, -0.2) is 75.1 Å². The largest absolute Gasteiger partial charge is 0.495 e. The average molecular weight is 464 g/mol. The van der Waals surface area contributed by atoms with Crippen LogP contribution in [0.2, 0.25) is 5.02 Å². The lowest BCUT2D eigenvalue weighted by Crippen LogP contribution is -2.67. The van der Waals surface area contributed by atoms with Gasteiger partial charge >= 0.3 is 0 Å². The summed E-state index contributed by atoms with van der Waals surface area (Å²) in [6, 6.07) is 13.5. The van der Waals surface area contributed by atoms with E-state index in [0.29, 0.717) is 18.8 Å². The molecule has 2 atom stereocenters. The van der Waals surface area contributed by atoms with Gasteiger partial charge in [-0.25, -0.2) is 8.42 Å². The van der Waals surface area contributed by atoms with Crippen LogP contribution in [0.25, 0.3) is 0 Å². The number of ether oxygens (including phenoxy) is 1. The fourth-order valence-corrected chi connectivity index (χ4v) is 6.78. The van der Waals surface area contributed by atoms with Gasteiger partial charge in [0, 0.05) is 37.2 Å². The third kappa shape index (κ3) is 4.61. The third-order valence-electron chi connectivity index (χ3n) is 6.27. The standard InChI is InChI=1S/C23H30ClN3O3S/c1-17-5-10-21(30-3)22(13-17)31(28,29)27-12-4-11-26-20(15-25(2)16-23(26)27)14-18-6-8-19(24)9-7-18/h5-10,13,20,23H,4,11-12,14-16H2,1-3H3. The van der Waals surface area contributed by atoms with Crippen LogP contribution in [0.1, 0.15) is 17.5 Å². The van der Waals surface area contributed by atoms with Crippen LogP contribution in [0.15, 0.2) is 47.4 Å². The first-order valence-corrected chi connectivity index (χ1v) is 12.5. The lowest BCUT2D eigenvalue weighted by atomic mass is 10.00.